The fourth-order valence-corrected chi connectivity index (χ4v) is 4.35. The number of halogens is 1. The average molecular weight is 405 g/mol. The number of hydrogen-bond donors (Lipinski definition) is 2. The van der Waals surface area contributed by atoms with Gasteiger partial charge in [0.1, 0.15) is 5.82 Å². The van der Waals surface area contributed by atoms with Crippen LogP contribution in [0.15, 0.2) is 36.9 Å². The largest absolute Gasteiger partial charge is 0.349 e. The Morgan fingerprint density at radius 3 is 2.64 bits per heavy atom. The Balaban J connectivity index is 1.66. The number of carbonyl (C=O) groups excluding carboxylic acids is 1. The summed E-state index contributed by atoms with van der Waals surface area (Å²) in [6.07, 6.45) is 4.35. The number of likely N-dealkylation sites (tertiary alicyclic amines) is 1. The number of piperidine rings is 1. The van der Waals surface area contributed by atoms with Crippen LogP contribution in [-0.2, 0) is 4.79 Å². The third kappa shape index (κ3) is 4.05. The molecule has 1 aromatic carbocycles. The van der Waals surface area contributed by atoms with E-state index in [1.54, 1.807) is 18.2 Å². The Morgan fingerprint density at radius 2 is 2.07 bits per heavy atom. The van der Waals surface area contributed by atoms with Gasteiger partial charge in [0.2, 0.25) is 5.91 Å². The highest BCUT2D eigenvalue weighted by molar-refractivity contribution is 7.80. The summed E-state index contributed by atoms with van der Waals surface area (Å²) in [5.74, 6) is 0.194. The molecule has 0 bridgehead atoms. The highest BCUT2D eigenvalue weighted by atomic mass is 32.1. The summed E-state index contributed by atoms with van der Waals surface area (Å²) < 4.78 is 13.1. The number of rotatable bonds is 5. The van der Waals surface area contributed by atoms with E-state index in [1.807, 2.05) is 4.90 Å². The normalized spacial score (nSPS) is 22.4. The molecule has 2 saturated heterocycles. The van der Waals surface area contributed by atoms with Crippen LogP contribution in [-0.4, -0.2) is 52.2 Å². The number of thiocarbonyl (C=S) groups is 1. The van der Waals surface area contributed by atoms with E-state index in [2.05, 4.69) is 36.0 Å². The van der Waals surface area contributed by atoms with Crippen molar-refractivity contribution in [1.29, 1.82) is 0 Å². The fourth-order valence-electron chi connectivity index (χ4n) is 4.05. The highest BCUT2D eigenvalue weighted by Crippen LogP contribution is 2.35. The Kier molecular flexibility index (Phi) is 6.35. The van der Waals surface area contributed by atoms with E-state index in [4.69, 9.17) is 12.2 Å². The van der Waals surface area contributed by atoms with Gasteiger partial charge in [-0.1, -0.05) is 26.3 Å². The lowest BCUT2D eigenvalue weighted by molar-refractivity contribution is -0.133. The molecule has 2 unspecified atom stereocenters. The second-order valence-electron chi connectivity index (χ2n) is 7.70. The zero-order chi connectivity index (χ0) is 20.3. The molecule has 2 aliphatic rings. The fraction of sp³-hybridized carbons (Fsp3) is 0.524. The van der Waals surface area contributed by atoms with Crippen LogP contribution in [0.4, 0.5) is 10.1 Å². The second-order valence-corrected chi connectivity index (χ2v) is 8.09. The summed E-state index contributed by atoms with van der Waals surface area (Å²) in [5, 5.41) is 7.45. The van der Waals surface area contributed by atoms with E-state index in [0.29, 0.717) is 17.6 Å². The molecule has 7 heteroatoms. The molecule has 0 saturated carbocycles. The number of nitrogens with zero attached hydrogens (tertiary/aromatic N) is 2. The van der Waals surface area contributed by atoms with Crippen LogP contribution in [0.2, 0.25) is 0 Å². The molecular weight excluding hydrogens is 375 g/mol. The smallest absolute Gasteiger partial charge is 0.241 e. The molecule has 2 atom stereocenters. The van der Waals surface area contributed by atoms with Crippen molar-refractivity contribution < 1.29 is 9.18 Å². The molecule has 2 fully saturated rings. The molecule has 1 spiro atoms. The minimum atomic E-state index is -0.332. The molecule has 1 aromatic rings. The quantitative estimate of drug-likeness (QED) is 0.582. The molecule has 28 heavy (non-hydrogen) atoms. The molecule has 5 nitrogen and oxygen atoms in total. The summed E-state index contributed by atoms with van der Waals surface area (Å²) in [5.41, 5.74) is 0.437. The highest BCUT2D eigenvalue weighted by Gasteiger charge is 2.52. The van der Waals surface area contributed by atoms with Crippen LogP contribution < -0.4 is 10.6 Å². The Morgan fingerprint density at radius 1 is 1.43 bits per heavy atom. The second kappa shape index (κ2) is 8.57. The van der Waals surface area contributed by atoms with E-state index in [-0.39, 0.29) is 23.4 Å². The maximum Gasteiger partial charge on any atom is 0.241 e. The number of hydrogen-bond acceptors (Lipinski definition) is 3. The van der Waals surface area contributed by atoms with Gasteiger partial charge in [0.15, 0.2) is 5.11 Å². The molecule has 3 rings (SSSR count). The van der Waals surface area contributed by atoms with Gasteiger partial charge in [0.05, 0.1) is 11.7 Å². The van der Waals surface area contributed by atoms with Crippen molar-refractivity contribution in [3.8, 4) is 0 Å². The van der Waals surface area contributed by atoms with Crippen LogP contribution in [0.1, 0.15) is 33.1 Å². The van der Waals surface area contributed by atoms with Crippen LogP contribution in [0, 0.1) is 11.7 Å². The molecule has 2 N–H and O–H groups in total. The van der Waals surface area contributed by atoms with Crippen molar-refractivity contribution in [1.82, 2.24) is 15.1 Å². The van der Waals surface area contributed by atoms with E-state index >= 15 is 0 Å². The summed E-state index contributed by atoms with van der Waals surface area (Å²) in [6, 6.07) is 6.03. The monoisotopic (exact) mass is 404 g/mol. The first-order chi connectivity index (χ1) is 13.4. The standard InChI is InChI=1S/C21H29FN4OS/c1-4-12-26-19(27)18(15(3)5-2)24-21(26)10-13-25(14-11-21)20(28)23-17-8-6-16(22)7-9-17/h4,6-9,15,18,24H,1,5,10-14H2,2-3H3,(H,23,28). The summed E-state index contributed by atoms with van der Waals surface area (Å²) in [7, 11) is 0. The molecule has 2 heterocycles. The number of anilines is 1. The summed E-state index contributed by atoms with van der Waals surface area (Å²) in [6.45, 7) is 10.1. The molecule has 0 radical (unpaired) electrons. The van der Waals surface area contributed by atoms with E-state index in [1.165, 1.54) is 12.1 Å². The van der Waals surface area contributed by atoms with Crippen molar-refractivity contribution in [2.75, 3.05) is 25.0 Å². The minimum Gasteiger partial charge on any atom is -0.349 e. The maximum atomic E-state index is 13.1. The Hall–Kier alpha value is -1.99. The minimum absolute atomic E-state index is 0.138. The molecule has 152 valence electrons. The van der Waals surface area contributed by atoms with Crippen LogP contribution in [0.3, 0.4) is 0 Å². The lowest BCUT2D eigenvalue weighted by atomic mass is 9.95. The van der Waals surface area contributed by atoms with Gasteiger partial charge < -0.3 is 15.1 Å². The first kappa shape index (κ1) is 20.7. The van der Waals surface area contributed by atoms with Gasteiger partial charge in [-0.25, -0.2) is 4.39 Å². The first-order valence-corrected chi connectivity index (χ1v) is 10.3. The number of carbonyl (C=O) groups is 1. The lowest BCUT2D eigenvalue weighted by Crippen LogP contribution is -2.60. The molecule has 2 aliphatic heterocycles. The van der Waals surface area contributed by atoms with Gasteiger partial charge in [0.25, 0.3) is 0 Å². The third-order valence-corrected chi connectivity index (χ3v) is 6.33. The zero-order valence-corrected chi connectivity index (χ0v) is 17.4. The lowest BCUT2D eigenvalue weighted by Gasteiger charge is -2.45. The van der Waals surface area contributed by atoms with Crippen molar-refractivity contribution in [2.45, 2.75) is 44.8 Å². The molecule has 0 aromatic heterocycles. The van der Waals surface area contributed by atoms with Gasteiger partial charge in [-0.3, -0.25) is 10.1 Å². The summed E-state index contributed by atoms with van der Waals surface area (Å²) >= 11 is 5.54. The van der Waals surface area contributed by atoms with Crippen LogP contribution >= 0.6 is 12.2 Å². The first-order valence-electron chi connectivity index (χ1n) is 9.92. The van der Waals surface area contributed by atoms with Gasteiger partial charge in [-0.05, 0) is 42.4 Å². The van der Waals surface area contributed by atoms with Gasteiger partial charge in [-0.15, -0.1) is 6.58 Å². The van der Waals surface area contributed by atoms with Crippen molar-refractivity contribution in [3.63, 3.8) is 0 Å². The number of benzene rings is 1. The van der Waals surface area contributed by atoms with Crippen LogP contribution in [0.5, 0.6) is 0 Å². The van der Waals surface area contributed by atoms with Crippen LogP contribution in [0.25, 0.3) is 0 Å². The predicted octanol–water partition coefficient (Wildman–Crippen LogP) is 3.35. The molecular formula is C21H29FN4OS. The average Bonchev–Trinajstić information content (AvgIpc) is 2.96. The molecule has 0 aliphatic carbocycles. The SMILES string of the molecule is C=CCN1C(=O)C(C(C)CC)NC12CCN(C(=S)Nc1ccc(F)cc1)CC2. The Bertz CT molecular complexity index is 730. The van der Waals surface area contributed by atoms with Crippen molar-refractivity contribution >= 4 is 28.9 Å². The van der Waals surface area contributed by atoms with Crippen molar-refractivity contribution in [3.05, 3.63) is 42.7 Å². The van der Waals surface area contributed by atoms with E-state index in [0.717, 1.165) is 38.0 Å². The van der Waals surface area contributed by atoms with Gasteiger partial charge in [-0.2, -0.15) is 0 Å². The summed E-state index contributed by atoms with van der Waals surface area (Å²) in [4.78, 5) is 17.1. The van der Waals surface area contributed by atoms with Crippen molar-refractivity contribution in [2.24, 2.45) is 5.92 Å². The Labute approximate surface area is 172 Å². The topological polar surface area (TPSA) is 47.6 Å². The van der Waals surface area contributed by atoms with E-state index < -0.39 is 0 Å². The predicted molar refractivity (Wildman–Crippen MR) is 114 cm³/mol. The van der Waals surface area contributed by atoms with E-state index in [9.17, 15) is 9.18 Å². The zero-order valence-electron chi connectivity index (χ0n) is 16.6. The number of amides is 1. The van der Waals surface area contributed by atoms with Gasteiger partial charge >= 0.3 is 0 Å². The molecule has 1 amide bonds. The third-order valence-electron chi connectivity index (χ3n) is 5.97. The number of nitrogens with one attached hydrogen (secondary N) is 2. The van der Waals surface area contributed by atoms with Gasteiger partial charge in [0, 0.05) is 38.2 Å². The maximum absolute atomic E-state index is 13.1.